The second-order valence-corrected chi connectivity index (χ2v) is 8.68. The number of carbonyl (C=O) groups excluding carboxylic acids is 4. The molecule has 10 heteroatoms. The molecule has 35 heavy (non-hydrogen) atoms. The van der Waals surface area contributed by atoms with Gasteiger partial charge in [-0.25, -0.2) is 0 Å². The summed E-state index contributed by atoms with van der Waals surface area (Å²) in [5.41, 5.74) is 6.89. The lowest BCUT2D eigenvalue weighted by atomic mass is 9.99. The molecule has 5 N–H and O–H groups in total. The van der Waals surface area contributed by atoms with E-state index in [1.54, 1.807) is 31.2 Å². The molecule has 1 unspecified atom stereocenters. The fraction of sp³-hybridized carbons (Fsp3) is 0.600. The van der Waals surface area contributed by atoms with Crippen molar-refractivity contribution in [2.75, 3.05) is 31.6 Å². The molecule has 0 fully saturated rings. The van der Waals surface area contributed by atoms with Gasteiger partial charge in [-0.1, -0.05) is 32.9 Å². The number of nitrogens with one attached hydrogen (secondary N) is 3. The van der Waals surface area contributed by atoms with Crippen molar-refractivity contribution < 1.29 is 28.7 Å². The molecule has 0 aliphatic carbocycles. The van der Waals surface area contributed by atoms with Gasteiger partial charge in [-0.15, -0.1) is 0 Å². The Hall–Kier alpha value is -2.98. The van der Waals surface area contributed by atoms with Crippen LogP contribution in [0.5, 0.6) is 0 Å². The van der Waals surface area contributed by atoms with Gasteiger partial charge < -0.3 is 31.2 Å². The third-order valence-electron chi connectivity index (χ3n) is 5.41. The minimum absolute atomic E-state index is 0.151. The fourth-order valence-electron chi connectivity index (χ4n) is 2.95. The molecule has 196 valence electrons. The number of rotatable bonds is 16. The van der Waals surface area contributed by atoms with Crippen molar-refractivity contribution in [2.45, 2.75) is 59.6 Å². The Morgan fingerprint density at radius 3 is 2.23 bits per heavy atom. The highest BCUT2D eigenvalue weighted by atomic mass is 16.5. The van der Waals surface area contributed by atoms with Crippen LogP contribution in [0.15, 0.2) is 24.3 Å². The van der Waals surface area contributed by atoms with Gasteiger partial charge in [-0.3, -0.25) is 19.2 Å². The van der Waals surface area contributed by atoms with Gasteiger partial charge in [-0.2, -0.15) is 0 Å². The molecule has 0 aliphatic heterocycles. The monoisotopic (exact) mass is 492 g/mol. The smallest absolute Gasteiger partial charge is 0.309 e. The molecule has 0 radical (unpaired) electrons. The second-order valence-electron chi connectivity index (χ2n) is 8.68. The van der Waals surface area contributed by atoms with Gasteiger partial charge in [0.05, 0.1) is 5.92 Å². The van der Waals surface area contributed by atoms with Crippen molar-refractivity contribution in [1.82, 2.24) is 10.6 Å². The minimum atomic E-state index is -0.778. The standard InChI is InChI=1S/C25H40N4O6/c1-5-27-22(30)15-34-16-23(31)29-21(8-6-7-13-26)24(32)28-20-11-9-19(10-12-20)14-35-25(33)18(4)17(2)3/h9-12,17-18,21H,5-8,13-16,26H2,1-4H3,(H,27,30)(H,28,32)(H,29,31)/t18?,21-/m0/s1. The lowest BCUT2D eigenvalue weighted by Gasteiger charge is -2.19. The van der Waals surface area contributed by atoms with E-state index in [4.69, 9.17) is 15.2 Å². The summed E-state index contributed by atoms with van der Waals surface area (Å²) in [5.74, 6) is -1.41. The molecule has 0 bridgehead atoms. The second kappa shape index (κ2) is 16.6. The van der Waals surface area contributed by atoms with E-state index < -0.39 is 11.9 Å². The van der Waals surface area contributed by atoms with Crippen molar-refractivity contribution in [3.05, 3.63) is 29.8 Å². The number of likely N-dealkylation sites (N-methyl/N-ethyl adjacent to an activating group) is 1. The molecule has 0 aromatic heterocycles. The van der Waals surface area contributed by atoms with E-state index in [-0.39, 0.29) is 49.4 Å². The van der Waals surface area contributed by atoms with Crippen molar-refractivity contribution in [3.8, 4) is 0 Å². The third-order valence-corrected chi connectivity index (χ3v) is 5.41. The maximum absolute atomic E-state index is 12.8. The lowest BCUT2D eigenvalue weighted by molar-refractivity contribution is -0.150. The molecular weight excluding hydrogens is 452 g/mol. The Balaban J connectivity index is 2.63. The first-order valence-electron chi connectivity index (χ1n) is 12.1. The molecule has 1 aromatic rings. The average molecular weight is 493 g/mol. The summed E-state index contributed by atoms with van der Waals surface area (Å²) < 4.78 is 10.5. The first-order chi connectivity index (χ1) is 16.7. The van der Waals surface area contributed by atoms with Gasteiger partial charge in [0, 0.05) is 12.2 Å². The van der Waals surface area contributed by atoms with E-state index >= 15 is 0 Å². The van der Waals surface area contributed by atoms with Gasteiger partial charge in [0.2, 0.25) is 17.7 Å². The molecule has 0 saturated heterocycles. The van der Waals surface area contributed by atoms with Crippen LogP contribution in [0.1, 0.15) is 52.5 Å². The van der Waals surface area contributed by atoms with Crippen molar-refractivity contribution in [2.24, 2.45) is 17.6 Å². The summed E-state index contributed by atoms with van der Waals surface area (Å²) >= 11 is 0. The molecule has 3 amide bonds. The third kappa shape index (κ3) is 12.3. The maximum atomic E-state index is 12.8. The van der Waals surface area contributed by atoms with E-state index in [1.165, 1.54) is 0 Å². The lowest BCUT2D eigenvalue weighted by Crippen LogP contribution is -2.45. The molecule has 0 saturated carbocycles. The average Bonchev–Trinajstić information content (AvgIpc) is 2.82. The SMILES string of the molecule is CCNC(=O)COCC(=O)N[C@@H](CCCCN)C(=O)Nc1ccc(COC(=O)C(C)C(C)C)cc1. The van der Waals surface area contributed by atoms with Crippen LogP contribution in [0, 0.1) is 11.8 Å². The van der Waals surface area contributed by atoms with Crippen LogP contribution < -0.4 is 21.7 Å². The van der Waals surface area contributed by atoms with Crippen LogP contribution in [0.25, 0.3) is 0 Å². The van der Waals surface area contributed by atoms with Gasteiger partial charge in [0.1, 0.15) is 25.9 Å². The van der Waals surface area contributed by atoms with Crippen LogP contribution in [-0.2, 0) is 35.3 Å². The van der Waals surface area contributed by atoms with Crippen LogP contribution in [0.2, 0.25) is 0 Å². The van der Waals surface area contributed by atoms with Gasteiger partial charge in [0.25, 0.3) is 0 Å². The van der Waals surface area contributed by atoms with Crippen molar-refractivity contribution in [1.29, 1.82) is 0 Å². The minimum Gasteiger partial charge on any atom is -0.461 e. The van der Waals surface area contributed by atoms with E-state index in [9.17, 15) is 19.2 Å². The summed E-state index contributed by atoms with van der Waals surface area (Å²) in [6.07, 6.45) is 1.79. The van der Waals surface area contributed by atoms with Crippen molar-refractivity contribution >= 4 is 29.4 Å². The van der Waals surface area contributed by atoms with Crippen LogP contribution in [-0.4, -0.2) is 56.0 Å². The Kier molecular flexibility index (Phi) is 14.3. The summed E-state index contributed by atoms with van der Waals surface area (Å²) in [5, 5.41) is 8.02. The normalized spacial score (nSPS) is 12.5. The number of benzene rings is 1. The molecule has 1 rings (SSSR count). The van der Waals surface area contributed by atoms with Crippen LogP contribution in [0.3, 0.4) is 0 Å². The Morgan fingerprint density at radius 2 is 1.63 bits per heavy atom. The quantitative estimate of drug-likeness (QED) is 0.203. The van der Waals surface area contributed by atoms with Gasteiger partial charge in [-0.05, 0) is 56.3 Å². The van der Waals surface area contributed by atoms with Gasteiger partial charge in [0.15, 0.2) is 0 Å². The fourth-order valence-corrected chi connectivity index (χ4v) is 2.95. The van der Waals surface area contributed by atoms with Crippen LogP contribution in [0.4, 0.5) is 5.69 Å². The number of carbonyl (C=O) groups is 4. The van der Waals surface area contributed by atoms with E-state index in [1.807, 2.05) is 20.8 Å². The van der Waals surface area contributed by atoms with E-state index in [2.05, 4.69) is 16.0 Å². The van der Waals surface area contributed by atoms with Crippen molar-refractivity contribution in [3.63, 3.8) is 0 Å². The molecule has 0 heterocycles. The number of hydrogen-bond donors (Lipinski definition) is 4. The molecular formula is C25H40N4O6. The number of nitrogens with two attached hydrogens (primary N) is 1. The maximum Gasteiger partial charge on any atom is 0.309 e. The Labute approximate surface area is 207 Å². The largest absolute Gasteiger partial charge is 0.461 e. The highest BCUT2D eigenvalue weighted by Gasteiger charge is 2.21. The summed E-state index contributed by atoms with van der Waals surface area (Å²) in [6, 6.07) is 6.17. The zero-order chi connectivity index (χ0) is 26.2. The zero-order valence-electron chi connectivity index (χ0n) is 21.2. The zero-order valence-corrected chi connectivity index (χ0v) is 21.2. The predicted octanol–water partition coefficient (Wildman–Crippen LogP) is 1.73. The Bertz CT molecular complexity index is 813. The number of anilines is 1. The summed E-state index contributed by atoms with van der Waals surface area (Å²) in [7, 11) is 0. The topological polar surface area (TPSA) is 149 Å². The molecule has 10 nitrogen and oxygen atoms in total. The molecule has 2 atom stereocenters. The number of hydrogen-bond acceptors (Lipinski definition) is 7. The highest BCUT2D eigenvalue weighted by molar-refractivity contribution is 5.97. The number of esters is 1. The number of unbranched alkanes of at least 4 members (excludes halogenated alkanes) is 1. The first-order valence-corrected chi connectivity index (χ1v) is 12.1. The molecule has 0 aliphatic rings. The highest BCUT2D eigenvalue weighted by Crippen LogP contribution is 2.15. The van der Waals surface area contributed by atoms with E-state index in [0.717, 1.165) is 12.0 Å². The molecule has 1 aromatic carbocycles. The Morgan fingerprint density at radius 1 is 0.971 bits per heavy atom. The predicted molar refractivity (Wildman–Crippen MR) is 133 cm³/mol. The van der Waals surface area contributed by atoms with Crippen LogP contribution >= 0.6 is 0 Å². The summed E-state index contributed by atoms with van der Waals surface area (Å²) in [4.78, 5) is 48.5. The summed E-state index contributed by atoms with van der Waals surface area (Å²) in [6.45, 7) is 8.10. The van der Waals surface area contributed by atoms with Gasteiger partial charge >= 0.3 is 5.97 Å². The number of ether oxygens (including phenoxy) is 2. The first kappa shape index (κ1) is 30.1. The van der Waals surface area contributed by atoms with E-state index in [0.29, 0.717) is 31.6 Å². The number of amides is 3. The molecule has 0 spiro atoms.